The minimum Gasteiger partial charge on any atom is -0.381 e. The minimum atomic E-state index is -4.67. The largest absolute Gasteiger partial charge is 0.394 e. The second-order valence-corrected chi connectivity index (χ2v) is 12.9. The minimum absolute atomic E-state index is 0.997. The van der Waals surface area contributed by atoms with E-state index < -0.39 is 10.4 Å². The fraction of sp³-hybridized carbons (Fsp3) is 1.00. The maximum Gasteiger partial charge on any atom is 0.394 e. The van der Waals surface area contributed by atoms with E-state index in [0.29, 0.717) is 0 Å². The molecule has 0 radical (unpaired) electrons. The molecular formula is C34H72O5S. The first-order valence-electron chi connectivity index (χ1n) is 17.7. The van der Waals surface area contributed by atoms with Gasteiger partial charge >= 0.3 is 10.4 Å². The van der Waals surface area contributed by atoms with Crippen LogP contribution in [-0.4, -0.2) is 30.7 Å². The van der Waals surface area contributed by atoms with Crippen molar-refractivity contribution >= 4 is 10.4 Å². The summed E-state index contributed by atoms with van der Waals surface area (Å²) in [6, 6.07) is 0. The Balaban J connectivity index is 0. The van der Waals surface area contributed by atoms with Gasteiger partial charge in [-0.25, -0.2) is 0 Å². The monoisotopic (exact) mass is 593 g/mol. The molecule has 40 heavy (non-hydrogen) atoms. The van der Waals surface area contributed by atoms with Gasteiger partial charge in [-0.2, -0.15) is 8.42 Å². The maximum absolute atomic E-state index is 8.74. The molecule has 0 aliphatic heterocycles. The van der Waals surface area contributed by atoms with E-state index in [4.69, 9.17) is 22.3 Å². The molecule has 0 aliphatic rings. The predicted molar refractivity (Wildman–Crippen MR) is 175 cm³/mol. The fourth-order valence-electron chi connectivity index (χ4n) is 5.25. The average molecular weight is 593 g/mol. The van der Waals surface area contributed by atoms with Crippen molar-refractivity contribution in [2.24, 2.45) is 0 Å². The van der Waals surface area contributed by atoms with Crippen LogP contribution < -0.4 is 0 Å². The Kier molecular flexibility index (Phi) is 38.7. The standard InChI is InChI=1S/C34H70O.H2O4S/c1-3-5-7-9-11-13-15-17-19-21-23-25-27-29-31-33-35-34-32-30-28-26-24-22-20-18-16-14-12-10-8-6-4-2;1-5(2,3)4/h3-34H2,1-2H3;(H2,1,2,3,4). The Bertz CT molecular complexity index is 498. The van der Waals surface area contributed by atoms with E-state index in [2.05, 4.69) is 13.8 Å². The van der Waals surface area contributed by atoms with Gasteiger partial charge < -0.3 is 4.74 Å². The first kappa shape index (κ1) is 42.0. The number of ether oxygens (including phenoxy) is 1. The zero-order valence-electron chi connectivity index (χ0n) is 27.2. The lowest BCUT2D eigenvalue weighted by molar-refractivity contribution is 0.125. The molecule has 0 aliphatic carbocycles. The molecule has 5 nitrogen and oxygen atoms in total. The highest BCUT2D eigenvalue weighted by Gasteiger charge is 1.97. The summed E-state index contributed by atoms with van der Waals surface area (Å²) < 4.78 is 37.4. The first-order chi connectivity index (χ1) is 19.4. The summed E-state index contributed by atoms with van der Waals surface area (Å²) in [7, 11) is -4.67. The van der Waals surface area contributed by atoms with Crippen LogP contribution >= 0.6 is 0 Å². The molecular weight excluding hydrogens is 520 g/mol. The van der Waals surface area contributed by atoms with E-state index in [1.165, 1.54) is 193 Å². The molecule has 0 unspecified atom stereocenters. The van der Waals surface area contributed by atoms with Crippen LogP contribution in [-0.2, 0) is 15.1 Å². The topological polar surface area (TPSA) is 83.8 Å². The van der Waals surface area contributed by atoms with Crippen molar-refractivity contribution in [3.63, 3.8) is 0 Å². The molecule has 0 spiro atoms. The molecule has 0 atom stereocenters. The van der Waals surface area contributed by atoms with Gasteiger partial charge in [-0.05, 0) is 12.8 Å². The molecule has 0 fully saturated rings. The van der Waals surface area contributed by atoms with Gasteiger partial charge in [-0.1, -0.05) is 194 Å². The predicted octanol–water partition coefficient (Wildman–Crippen LogP) is 12.1. The summed E-state index contributed by atoms with van der Waals surface area (Å²) >= 11 is 0. The SMILES string of the molecule is CCCCCCCCCCCCCCCCCOCCCCCCCCCCCCCCCCC.O=S(=O)(O)O. The van der Waals surface area contributed by atoms with Crippen LogP contribution in [0.25, 0.3) is 0 Å². The molecule has 0 aromatic rings. The van der Waals surface area contributed by atoms with Crippen LogP contribution in [0.2, 0.25) is 0 Å². The van der Waals surface area contributed by atoms with E-state index in [1.807, 2.05) is 0 Å². The Morgan fingerprint density at radius 2 is 0.500 bits per heavy atom. The van der Waals surface area contributed by atoms with Gasteiger partial charge in [0.25, 0.3) is 0 Å². The van der Waals surface area contributed by atoms with E-state index in [1.54, 1.807) is 0 Å². The van der Waals surface area contributed by atoms with Gasteiger partial charge in [0.2, 0.25) is 0 Å². The third kappa shape index (κ3) is 50.6. The van der Waals surface area contributed by atoms with Crippen molar-refractivity contribution in [1.82, 2.24) is 0 Å². The van der Waals surface area contributed by atoms with Gasteiger partial charge in [-0.15, -0.1) is 0 Å². The molecule has 0 aromatic heterocycles. The van der Waals surface area contributed by atoms with E-state index in [9.17, 15) is 0 Å². The van der Waals surface area contributed by atoms with Gasteiger partial charge in [0, 0.05) is 13.2 Å². The number of hydrogen-bond acceptors (Lipinski definition) is 3. The average Bonchev–Trinajstić information content (AvgIpc) is 2.91. The highest BCUT2D eigenvalue weighted by Crippen LogP contribution is 2.15. The van der Waals surface area contributed by atoms with Crippen molar-refractivity contribution < 1.29 is 22.3 Å². The summed E-state index contributed by atoms with van der Waals surface area (Å²) in [5, 5.41) is 0. The van der Waals surface area contributed by atoms with Crippen LogP contribution in [0.1, 0.15) is 206 Å². The van der Waals surface area contributed by atoms with E-state index in [0.717, 1.165) is 13.2 Å². The number of hydrogen-bond donors (Lipinski definition) is 2. The summed E-state index contributed by atoms with van der Waals surface area (Å²) in [5.41, 5.74) is 0. The second kappa shape index (κ2) is 36.9. The second-order valence-electron chi connectivity index (χ2n) is 12.0. The van der Waals surface area contributed by atoms with E-state index >= 15 is 0 Å². The molecule has 0 saturated heterocycles. The van der Waals surface area contributed by atoms with Crippen molar-refractivity contribution in [2.45, 2.75) is 206 Å². The van der Waals surface area contributed by atoms with Crippen LogP contribution in [0.15, 0.2) is 0 Å². The zero-order chi connectivity index (χ0) is 29.8. The fourth-order valence-corrected chi connectivity index (χ4v) is 5.25. The molecule has 0 aromatic carbocycles. The van der Waals surface area contributed by atoms with Crippen LogP contribution in [0, 0.1) is 0 Å². The number of unbranched alkanes of at least 4 members (excludes halogenated alkanes) is 28. The third-order valence-corrected chi connectivity index (χ3v) is 7.78. The van der Waals surface area contributed by atoms with Gasteiger partial charge in [-0.3, -0.25) is 9.11 Å². The van der Waals surface area contributed by atoms with Crippen molar-refractivity contribution in [2.75, 3.05) is 13.2 Å². The molecule has 0 rings (SSSR count). The van der Waals surface area contributed by atoms with Crippen molar-refractivity contribution in [1.29, 1.82) is 0 Å². The van der Waals surface area contributed by atoms with Crippen molar-refractivity contribution in [3.8, 4) is 0 Å². The summed E-state index contributed by atoms with van der Waals surface area (Å²) in [5.74, 6) is 0. The highest BCUT2D eigenvalue weighted by molar-refractivity contribution is 7.79. The Labute approximate surface area is 252 Å². The molecule has 0 saturated carbocycles. The molecule has 2 N–H and O–H groups in total. The molecule has 0 amide bonds. The summed E-state index contributed by atoms with van der Waals surface area (Å²) in [6.07, 6.45) is 43.0. The summed E-state index contributed by atoms with van der Waals surface area (Å²) in [4.78, 5) is 0. The van der Waals surface area contributed by atoms with E-state index in [-0.39, 0.29) is 0 Å². The lowest BCUT2D eigenvalue weighted by atomic mass is 10.0. The Hall–Kier alpha value is -0.170. The number of rotatable bonds is 32. The van der Waals surface area contributed by atoms with Crippen LogP contribution in [0.4, 0.5) is 0 Å². The lowest BCUT2D eigenvalue weighted by Gasteiger charge is -2.05. The molecule has 244 valence electrons. The third-order valence-electron chi connectivity index (χ3n) is 7.78. The van der Waals surface area contributed by atoms with Crippen molar-refractivity contribution in [3.05, 3.63) is 0 Å². The normalized spacial score (nSPS) is 11.5. The quantitative estimate of drug-likeness (QED) is 0.0599. The smallest absolute Gasteiger partial charge is 0.381 e. The van der Waals surface area contributed by atoms with Crippen LogP contribution in [0.5, 0.6) is 0 Å². The molecule has 6 heteroatoms. The van der Waals surface area contributed by atoms with Crippen LogP contribution in [0.3, 0.4) is 0 Å². The Morgan fingerprint density at radius 1 is 0.350 bits per heavy atom. The molecule has 0 heterocycles. The lowest BCUT2D eigenvalue weighted by Crippen LogP contribution is -1.97. The highest BCUT2D eigenvalue weighted by atomic mass is 32.3. The zero-order valence-corrected chi connectivity index (χ0v) is 28.0. The van der Waals surface area contributed by atoms with Gasteiger partial charge in [0.15, 0.2) is 0 Å². The maximum atomic E-state index is 8.74. The Morgan fingerprint density at radius 3 is 0.675 bits per heavy atom. The summed E-state index contributed by atoms with van der Waals surface area (Å²) in [6.45, 7) is 6.60. The first-order valence-corrected chi connectivity index (χ1v) is 19.1. The van der Waals surface area contributed by atoms with Gasteiger partial charge in [0.05, 0.1) is 0 Å². The molecule has 0 bridgehead atoms. The van der Waals surface area contributed by atoms with Gasteiger partial charge in [0.1, 0.15) is 0 Å².